The molecule has 1 heterocycles. The molecule has 0 saturated heterocycles. The monoisotopic (exact) mass is 442 g/mol. The predicted molar refractivity (Wildman–Crippen MR) is 98.8 cm³/mol. The third-order valence-electron chi connectivity index (χ3n) is 3.64. The normalized spacial score (nSPS) is 14.0. The van der Waals surface area contributed by atoms with Crippen molar-refractivity contribution in [2.75, 3.05) is 0 Å². The zero-order valence-electron chi connectivity index (χ0n) is 11.6. The summed E-state index contributed by atoms with van der Waals surface area (Å²) in [6.07, 6.45) is 5.89. The summed E-state index contributed by atoms with van der Waals surface area (Å²) in [5, 5.41) is 20.8. The molecule has 0 saturated carbocycles. The Hall–Kier alpha value is -1.10. The fourth-order valence-electron chi connectivity index (χ4n) is 2.57. The number of aryl methyl sites for hydroxylation is 1. The summed E-state index contributed by atoms with van der Waals surface area (Å²) in [6.45, 7) is 0. The number of thiophene rings is 1. The first-order valence-corrected chi connectivity index (χ1v) is 9.14. The van der Waals surface area contributed by atoms with Gasteiger partial charge < -0.3 is 5.11 Å². The van der Waals surface area contributed by atoms with E-state index >= 15 is 0 Å². The Labute approximate surface area is 151 Å². The largest absolute Gasteiger partial charge is 0.506 e. The van der Waals surface area contributed by atoms with Crippen LogP contribution in [0.5, 0.6) is 5.75 Å². The minimum absolute atomic E-state index is 0.161. The van der Waals surface area contributed by atoms with Gasteiger partial charge in [0.25, 0.3) is 0 Å². The van der Waals surface area contributed by atoms with E-state index < -0.39 is 0 Å². The van der Waals surface area contributed by atoms with Gasteiger partial charge in [-0.3, -0.25) is 0 Å². The molecule has 0 spiro atoms. The van der Waals surface area contributed by atoms with Crippen molar-refractivity contribution in [3.63, 3.8) is 0 Å². The lowest BCUT2D eigenvalue weighted by molar-refractivity contribution is 0.470. The van der Waals surface area contributed by atoms with E-state index in [0.29, 0.717) is 19.7 Å². The van der Waals surface area contributed by atoms with Crippen molar-refractivity contribution in [1.29, 1.82) is 5.26 Å². The zero-order valence-corrected chi connectivity index (χ0v) is 15.3. The van der Waals surface area contributed by atoms with E-state index in [1.54, 1.807) is 29.7 Å². The minimum atomic E-state index is 0.161. The van der Waals surface area contributed by atoms with Crippen molar-refractivity contribution in [1.82, 2.24) is 0 Å². The lowest BCUT2D eigenvalue weighted by Crippen LogP contribution is -1.99. The molecule has 1 aliphatic carbocycles. The second-order valence-corrected chi connectivity index (χ2v) is 7.77. The number of aliphatic imine (C=N–C) groups is 1. The maximum Gasteiger partial charge on any atom is 0.137 e. The molecular weight excluding hydrogens is 431 g/mol. The molecule has 1 aromatic heterocycles. The summed E-state index contributed by atoms with van der Waals surface area (Å²) in [4.78, 5) is 5.72. The number of hydrogen-bond donors (Lipinski definition) is 1. The summed E-state index contributed by atoms with van der Waals surface area (Å²) in [5.74, 6) is 0.161. The molecule has 0 fully saturated rings. The number of phenolic OH excluding ortho intramolecular Hbond substituents is 1. The third kappa shape index (κ3) is 3.00. The summed E-state index contributed by atoms with van der Waals surface area (Å²) < 4.78 is 0.678. The molecule has 3 rings (SSSR count). The Morgan fingerprint density at radius 3 is 2.91 bits per heavy atom. The lowest BCUT2D eigenvalue weighted by atomic mass is 9.96. The fourth-order valence-corrected chi connectivity index (χ4v) is 4.81. The average Bonchev–Trinajstić information content (AvgIpc) is 2.86. The standard InChI is InChI=1S/C16H12ClIN2OS/c17-10-5-9(15(21)13(18)6-10)8-20-16-12(7-19)11-3-1-2-4-14(11)22-16/h5-6,8,21H,1-4H2. The van der Waals surface area contributed by atoms with Crippen LogP contribution in [0.2, 0.25) is 5.02 Å². The highest BCUT2D eigenvalue weighted by atomic mass is 127. The van der Waals surface area contributed by atoms with Crippen molar-refractivity contribution >= 4 is 56.7 Å². The Morgan fingerprint density at radius 2 is 2.14 bits per heavy atom. The van der Waals surface area contributed by atoms with Gasteiger partial charge in [-0.05, 0) is 66.0 Å². The summed E-state index contributed by atoms with van der Waals surface area (Å²) in [6, 6.07) is 5.65. The fraction of sp³-hybridized carbons (Fsp3) is 0.250. The van der Waals surface area contributed by atoms with Gasteiger partial charge in [-0.1, -0.05) is 11.6 Å². The van der Waals surface area contributed by atoms with Gasteiger partial charge in [0.05, 0.1) is 9.13 Å². The molecular formula is C16H12ClIN2OS. The maximum absolute atomic E-state index is 10.1. The molecule has 0 unspecified atom stereocenters. The Morgan fingerprint density at radius 1 is 1.36 bits per heavy atom. The van der Waals surface area contributed by atoms with Gasteiger partial charge >= 0.3 is 0 Å². The summed E-state index contributed by atoms with van der Waals surface area (Å²) in [5.41, 5.74) is 2.41. The van der Waals surface area contributed by atoms with Crippen LogP contribution in [0.15, 0.2) is 17.1 Å². The number of halogens is 2. The molecule has 2 aromatic rings. The average molecular weight is 443 g/mol. The van der Waals surface area contributed by atoms with Crippen molar-refractivity contribution in [2.45, 2.75) is 25.7 Å². The van der Waals surface area contributed by atoms with E-state index in [0.717, 1.165) is 29.8 Å². The molecule has 0 amide bonds. The number of nitrogens with zero attached hydrogens (tertiary/aromatic N) is 2. The van der Waals surface area contributed by atoms with Crippen molar-refractivity contribution in [3.05, 3.63) is 42.3 Å². The molecule has 0 radical (unpaired) electrons. The van der Waals surface area contributed by atoms with Crippen LogP contribution < -0.4 is 0 Å². The first kappa shape index (κ1) is 15.8. The van der Waals surface area contributed by atoms with Gasteiger partial charge in [-0.2, -0.15) is 5.26 Å². The Balaban J connectivity index is 2.00. The summed E-state index contributed by atoms with van der Waals surface area (Å²) >= 11 is 9.63. The number of aromatic hydroxyl groups is 1. The van der Waals surface area contributed by atoms with Gasteiger partial charge in [-0.15, -0.1) is 11.3 Å². The first-order chi connectivity index (χ1) is 10.6. The molecule has 1 aromatic carbocycles. The number of nitriles is 1. The van der Waals surface area contributed by atoms with Crippen LogP contribution in [-0.2, 0) is 12.8 Å². The molecule has 0 atom stereocenters. The van der Waals surface area contributed by atoms with Crippen molar-refractivity contribution in [2.24, 2.45) is 4.99 Å². The summed E-state index contributed by atoms with van der Waals surface area (Å²) in [7, 11) is 0. The molecule has 1 aliphatic rings. The van der Waals surface area contributed by atoms with Gasteiger partial charge in [0.1, 0.15) is 16.8 Å². The molecule has 0 aliphatic heterocycles. The molecule has 6 heteroatoms. The van der Waals surface area contributed by atoms with E-state index in [2.05, 4.69) is 11.1 Å². The second kappa shape index (κ2) is 6.57. The van der Waals surface area contributed by atoms with Crippen LogP contribution >= 0.6 is 45.5 Å². The minimum Gasteiger partial charge on any atom is -0.506 e. The third-order valence-corrected chi connectivity index (χ3v) is 5.88. The van der Waals surface area contributed by atoms with E-state index in [-0.39, 0.29) is 5.75 Å². The van der Waals surface area contributed by atoms with E-state index in [9.17, 15) is 10.4 Å². The van der Waals surface area contributed by atoms with Gasteiger partial charge in [-0.25, -0.2) is 4.99 Å². The van der Waals surface area contributed by atoms with Crippen LogP contribution in [0.3, 0.4) is 0 Å². The Bertz CT molecular complexity index is 807. The zero-order chi connectivity index (χ0) is 15.7. The van der Waals surface area contributed by atoms with Crippen molar-refractivity contribution in [3.8, 4) is 11.8 Å². The van der Waals surface area contributed by atoms with Crippen LogP contribution in [-0.4, -0.2) is 11.3 Å². The highest BCUT2D eigenvalue weighted by Crippen LogP contribution is 2.39. The molecule has 0 bridgehead atoms. The van der Waals surface area contributed by atoms with Gasteiger partial charge in [0.15, 0.2) is 0 Å². The molecule has 112 valence electrons. The van der Waals surface area contributed by atoms with E-state index in [1.165, 1.54) is 11.3 Å². The van der Waals surface area contributed by atoms with E-state index in [4.69, 9.17) is 11.6 Å². The van der Waals surface area contributed by atoms with Crippen LogP contribution in [0.4, 0.5) is 5.00 Å². The van der Waals surface area contributed by atoms with Crippen molar-refractivity contribution < 1.29 is 5.11 Å². The number of phenols is 1. The number of fused-ring (bicyclic) bond motifs is 1. The predicted octanol–water partition coefficient (Wildman–Crippen LogP) is 5.21. The smallest absolute Gasteiger partial charge is 0.137 e. The SMILES string of the molecule is N#Cc1c(N=Cc2cc(Cl)cc(I)c2O)sc2c1CCCC2. The first-order valence-electron chi connectivity index (χ1n) is 6.87. The lowest BCUT2D eigenvalue weighted by Gasteiger charge is -2.09. The molecule has 3 nitrogen and oxygen atoms in total. The highest BCUT2D eigenvalue weighted by molar-refractivity contribution is 14.1. The highest BCUT2D eigenvalue weighted by Gasteiger charge is 2.20. The van der Waals surface area contributed by atoms with Gasteiger partial charge in [0, 0.05) is 21.7 Å². The molecule has 22 heavy (non-hydrogen) atoms. The number of hydrogen-bond acceptors (Lipinski definition) is 4. The maximum atomic E-state index is 10.1. The van der Waals surface area contributed by atoms with Crippen LogP contribution in [0, 0.1) is 14.9 Å². The Kier molecular flexibility index (Phi) is 4.71. The number of rotatable bonds is 2. The van der Waals surface area contributed by atoms with Gasteiger partial charge in [0.2, 0.25) is 0 Å². The second-order valence-electron chi connectivity index (χ2n) is 5.09. The van der Waals surface area contributed by atoms with Crippen LogP contribution in [0.1, 0.15) is 34.4 Å². The van der Waals surface area contributed by atoms with E-state index in [1.807, 2.05) is 22.6 Å². The van der Waals surface area contributed by atoms with Crippen LogP contribution in [0.25, 0.3) is 0 Å². The molecule has 1 N–H and O–H groups in total. The quantitative estimate of drug-likeness (QED) is 0.512. The number of benzene rings is 1. The topological polar surface area (TPSA) is 56.4 Å².